The summed E-state index contributed by atoms with van der Waals surface area (Å²) in [6, 6.07) is 5.92. The van der Waals surface area contributed by atoms with Gasteiger partial charge in [-0.25, -0.2) is 4.39 Å². The van der Waals surface area contributed by atoms with Crippen LogP contribution in [0.2, 0.25) is 0 Å². The summed E-state index contributed by atoms with van der Waals surface area (Å²) in [6.07, 6.45) is 0.734. The van der Waals surface area contributed by atoms with Gasteiger partial charge in [-0.1, -0.05) is 12.1 Å². The van der Waals surface area contributed by atoms with Crippen LogP contribution in [0.15, 0.2) is 24.3 Å². The first-order valence-electron chi connectivity index (χ1n) is 5.29. The van der Waals surface area contributed by atoms with Gasteiger partial charge in [0.25, 0.3) is 0 Å². The summed E-state index contributed by atoms with van der Waals surface area (Å²) in [6.45, 7) is 1.80. The van der Waals surface area contributed by atoms with Gasteiger partial charge in [-0.2, -0.15) is 0 Å². The van der Waals surface area contributed by atoms with Crippen molar-refractivity contribution in [1.29, 1.82) is 0 Å². The number of carbonyl (C=O) groups excluding carboxylic acids is 1. The first-order valence-corrected chi connectivity index (χ1v) is 5.29. The highest BCUT2D eigenvalue weighted by Gasteiger charge is 2.09. The Bertz CT molecular complexity index is 355. The Morgan fingerprint density at radius 2 is 2.31 bits per heavy atom. The third-order valence-electron chi connectivity index (χ3n) is 2.29. The number of benzene rings is 1. The van der Waals surface area contributed by atoms with Crippen LogP contribution >= 0.6 is 0 Å². The summed E-state index contributed by atoms with van der Waals surface area (Å²) in [4.78, 5) is 11.4. The van der Waals surface area contributed by atoms with Gasteiger partial charge in [-0.15, -0.1) is 0 Å². The molecule has 1 aromatic carbocycles. The predicted octanol–water partition coefficient (Wildman–Crippen LogP) is 1.78. The van der Waals surface area contributed by atoms with Gasteiger partial charge in [0.2, 0.25) is 5.91 Å². The van der Waals surface area contributed by atoms with E-state index in [1.165, 1.54) is 12.1 Å². The first kappa shape index (κ1) is 12.6. The molecule has 1 amide bonds. The molecule has 0 heterocycles. The van der Waals surface area contributed by atoms with Crippen LogP contribution in [0.3, 0.4) is 0 Å². The third-order valence-corrected chi connectivity index (χ3v) is 2.29. The molecule has 4 heteroatoms. The zero-order valence-electron chi connectivity index (χ0n) is 9.24. The van der Waals surface area contributed by atoms with Crippen LogP contribution in [0, 0.1) is 5.82 Å². The lowest BCUT2D eigenvalue weighted by Gasteiger charge is -2.14. The lowest BCUT2D eigenvalue weighted by atomic mass is 10.1. The maximum absolute atomic E-state index is 12.9. The monoisotopic (exact) mass is 225 g/mol. The Morgan fingerprint density at radius 1 is 1.56 bits per heavy atom. The zero-order chi connectivity index (χ0) is 12.0. The minimum Gasteiger partial charge on any atom is -0.396 e. The van der Waals surface area contributed by atoms with E-state index in [0.29, 0.717) is 6.42 Å². The standard InChI is InChI=1S/C12H16FNO2/c1-9(14-12(16)6-3-7-15)10-4-2-5-11(13)8-10/h2,4-5,8-9,15H,3,6-7H2,1H3,(H,14,16)/t9-/m0/s1. The summed E-state index contributed by atoms with van der Waals surface area (Å²) < 4.78 is 12.9. The van der Waals surface area contributed by atoms with Crippen LogP contribution in [-0.2, 0) is 4.79 Å². The predicted molar refractivity (Wildman–Crippen MR) is 59.3 cm³/mol. The van der Waals surface area contributed by atoms with Gasteiger partial charge < -0.3 is 10.4 Å². The maximum atomic E-state index is 12.9. The minimum absolute atomic E-state index is 0.00175. The van der Waals surface area contributed by atoms with E-state index in [1.54, 1.807) is 19.1 Å². The van der Waals surface area contributed by atoms with Crippen molar-refractivity contribution in [3.05, 3.63) is 35.6 Å². The molecular weight excluding hydrogens is 209 g/mol. The smallest absolute Gasteiger partial charge is 0.220 e. The molecule has 0 aromatic heterocycles. The highest BCUT2D eigenvalue weighted by molar-refractivity contribution is 5.76. The minimum atomic E-state index is -0.311. The molecule has 3 nitrogen and oxygen atoms in total. The number of carbonyl (C=O) groups is 1. The lowest BCUT2D eigenvalue weighted by molar-refractivity contribution is -0.122. The number of rotatable bonds is 5. The Labute approximate surface area is 94.3 Å². The van der Waals surface area contributed by atoms with E-state index in [9.17, 15) is 9.18 Å². The van der Waals surface area contributed by atoms with E-state index in [1.807, 2.05) is 0 Å². The molecule has 0 radical (unpaired) electrons. The highest BCUT2D eigenvalue weighted by Crippen LogP contribution is 2.13. The lowest BCUT2D eigenvalue weighted by Crippen LogP contribution is -2.26. The SMILES string of the molecule is C[C@H](NC(=O)CCCO)c1cccc(F)c1. The molecule has 0 spiro atoms. The second kappa shape index (κ2) is 6.23. The summed E-state index contributed by atoms with van der Waals surface area (Å²) in [5.41, 5.74) is 0.734. The summed E-state index contributed by atoms with van der Waals surface area (Å²) in [5, 5.41) is 11.3. The molecule has 0 aliphatic carbocycles. The second-order valence-electron chi connectivity index (χ2n) is 3.67. The van der Waals surface area contributed by atoms with Crippen molar-refractivity contribution in [3.8, 4) is 0 Å². The fourth-order valence-corrected chi connectivity index (χ4v) is 1.41. The van der Waals surface area contributed by atoms with Crippen LogP contribution in [0.1, 0.15) is 31.4 Å². The first-order chi connectivity index (χ1) is 7.63. The van der Waals surface area contributed by atoms with Crippen molar-refractivity contribution in [3.63, 3.8) is 0 Å². The quantitative estimate of drug-likeness (QED) is 0.802. The van der Waals surface area contributed by atoms with E-state index in [0.717, 1.165) is 5.56 Å². The molecule has 16 heavy (non-hydrogen) atoms. The molecule has 1 rings (SSSR count). The molecule has 1 atom stereocenters. The molecule has 2 N–H and O–H groups in total. The van der Waals surface area contributed by atoms with Crippen LogP contribution in [0.4, 0.5) is 4.39 Å². The van der Waals surface area contributed by atoms with Gasteiger partial charge in [0, 0.05) is 13.0 Å². The van der Waals surface area contributed by atoms with Crippen molar-refractivity contribution in [2.24, 2.45) is 0 Å². The average molecular weight is 225 g/mol. The van der Waals surface area contributed by atoms with E-state index in [4.69, 9.17) is 5.11 Å². The summed E-state index contributed by atoms with van der Waals surface area (Å²) >= 11 is 0. The number of hydrogen-bond acceptors (Lipinski definition) is 2. The largest absolute Gasteiger partial charge is 0.396 e. The highest BCUT2D eigenvalue weighted by atomic mass is 19.1. The fraction of sp³-hybridized carbons (Fsp3) is 0.417. The van der Waals surface area contributed by atoms with Crippen molar-refractivity contribution < 1.29 is 14.3 Å². The van der Waals surface area contributed by atoms with Crippen molar-refractivity contribution in [2.75, 3.05) is 6.61 Å². The topological polar surface area (TPSA) is 49.3 Å². The molecule has 0 fully saturated rings. The van der Waals surface area contributed by atoms with Crippen LogP contribution in [0.5, 0.6) is 0 Å². The van der Waals surface area contributed by atoms with E-state index < -0.39 is 0 Å². The number of amides is 1. The molecule has 0 unspecified atom stereocenters. The number of halogens is 1. The molecule has 0 saturated carbocycles. The summed E-state index contributed by atoms with van der Waals surface area (Å²) in [5.74, 6) is -0.445. The number of nitrogens with one attached hydrogen (secondary N) is 1. The Balaban J connectivity index is 2.52. The fourth-order valence-electron chi connectivity index (χ4n) is 1.41. The molecular formula is C12H16FNO2. The van der Waals surface area contributed by atoms with Crippen LogP contribution in [0.25, 0.3) is 0 Å². The van der Waals surface area contributed by atoms with Gasteiger partial charge in [-0.3, -0.25) is 4.79 Å². The Morgan fingerprint density at radius 3 is 2.94 bits per heavy atom. The van der Waals surface area contributed by atoms with Crippen LogP contribution < -0.4 is 5.32 Å². The van der Waals surface area contributed by atoms with E-state index in [-0.39, 0.29) is 30.8 Å². The molecule has 1 aromatic rings. The van der Waals surface area contributed by atoms with Gasteiger partial charge in [0.1, 0.15) is 5.82 Å². The molecule has 0 bridgehead atoms. The molecule has 0 saturated heterocycles. The third kappa shape index (κ3) is 3.98. The molecule has 0 aliphatic heterocycles. The normalized spacial score (nSPS) is 12.2. The number of aliphatic hydroxyl groups excluding tert-OH is 1. The van der Waals surface area contributed by atoms with Crippen molar-refractivity contribution in [2.45, 2.75) is 25.8 Å². The van der Waals surface area contributed by atoms with E-state index in [2.05, 4.69) is 5.32 Å². The average Bonchev–Trinajstić information content (AvgIpc) is 2.26. The zero-order valence-corrected chi connectivity index (χ0v) is 9.24. The van der Waals surface area contributed by atoms with Crippen molar-refractivity contribution in [1.82, 2.24) is 5.32 Å². The number of hydrogen-bond donors (Lipinski definition) is 2. The Hall–Kier alpha value is -1.42. The second-order valence-corrected chi connectivity index (χ2v) is 3.67. The summed E-state index contributed by atoms with van der Waals surface area (Å²) in [7, 11) is 0. The van der Waals surface area contributed by atoms with Crippen molar-refractivity contribution >= 4 is 5.91 Å². The van der Waals surface area contributed by atoms with Gasteiger partial charge in [-0.05, 0) is 31.0 Å². The maximum Gasteiger partial charge on any atom is 0.220 e. The van der Waals surface area contributed by atoms with Gasteiger partial charge >= 0.3 is 0 Å². The Kier molecular flexibility index (Phi) is 4.92. The van der Waals surface area contributed by atoms with Gasteiger partial charge in [0.05, 0.1) is 6.04 Å². The number of aliphatic hydroxyl groups is 1. The van der Waals surface area contributed by atoms with Gasteiger partial charge in [0.15, 0.2) is 0 Å². The molecule has 0 aliphatic rings. The molecule has 88 valence electrons. The van der Waals surface area contributed by atoms with Crippen LogP contribution in [-0.4, -0.2) is 17.6 Å². The van der Waals surface area contributed by atoms with E-state index >= 15 is 0 Å².